The second-order valence-electron chi connectivity index (χ2n) is 6.97. The fourth-order valence-electron chi connectivity index (χ4n) is 2.88. The third kappa shape index (κ3) is 4.20. The Morgan fingerprint density at radius 2 is 1.87 bits per heavy atom. The number of carbonyl (C=O) groups excluding carboxylic acids is 1. The number of amides is 1. The van der Waals surface area contributed by atoms with E-state index in [0.29, 0.717) is 16.2 Å². The summed E-state index contributed by atoms with van der Waals surface area (Å²) in [5.41, 5.74) is 0.266. The van der Waals surface area contributed by atoms with E-state index in [-0.39, 0.29) is 21.9 Å². The van der Waals surface area contributed by atoms with Crippen LogP contribution in [0.2, 0.25) is 5.02 Å². The van der Waals surface area contributed by atoms with Gasteiger partial charge in [-0.15, -0.1) is 0 Å². The summed E-state index contributed by atoms with van der Waals surface area (Å²) in [6.45, 7) is 3.76. The van der Waals surface area contributed by atoms with E-state index in [1.54, 1.807) is 24.3 Å². The van der Waals surface area contributed by atoms with Gasteiger partial charge in [0.2, 0.25) is 5.43 Å². The lowest BCUT2D eigenvalue weighted by Crippen LogP contribution is -2.35. The normalized spacial score (nSPS) is 12.5. The van der Waals surface area contributed by atoms with Crippen molar-refractivity contribution in [3.05, 3.63) is 69.5 Å². The Kier molecular flexibility index (Phi) is 6.19. The number of carbonyl (C=O) groups is 1. The van der Waals surface area contributed by atoms with E-state index in [1.165, 1.54) is 31.4 Å². The highest BCUT2D eigenvalue weighted by atomic mass is 35.5. The van der Waals surface area contributed by atoms with Gasteiger partial charge in [0.25, 0.3) is 15.9 Å². The van der Waals surface area contributed by atoms with Crippen molar-refractivity contribution in [3.63, 3.8) is 0 Å². The largest absolute Gasteiger partial charge is 0.360 e. The third-order valence-electron chi connectivity index (χ3n) is 4.94. The first kappa shape index (κ1) is 21.9. The van der Waals surface area contributed by atoms with Crippen molar-refractivity contribution in [2.24, 2.45) is 0 Å². The maximum atomic E-state index is 13.1. The molecule has 1 atom stereocenters. The number of benzene rings is 2. The number of nitrogens with zero attached hydrogens (tertiary/aromatic N) is 1. The summed E-state index contributed by atoms with van der Waals surface area (Å²) in [5.74, 6) is -0.501. The van der Waals surface area contributed by atoms with E-state index in [2.05, 4.69) is 10.3 Å². The molecule has 0 saturated heterocycles. The smallest absolute Gasteiger partial charge is 0.264 e. The molecule has 0 saturated carbocycles. The molecule has 2 N–H and O–H groups in total. The van der Waals surface area contributed by atoms with Crippen LogP contribution in [0.15, 0.2) is 58.4 Å². The van der Waals surface area contributed by atoms with Gasteiger partial charge in [0, 0.05) is 35.2 Å². The van der Waals surface area contributed by atoms with Crippen LogP contribution in [0.3, 0.4) is 0 Å². The molecule has 0 spiro atoms. The SMILES string of the molecule is CCC(C)NC(=O)c1c[nH]c2ccc(S(=O)(=O)N(C)c3ccc(Cl)cc3)cc2c1=O. The standard InChI is InChI=1S/C21H22ClN3O4S/c1-4-13(2)24-21(27)18-12-23-19-10-9-16(11-17(19)20(18)26)30(28,29)25(3)15-7-5-14(22)6-8-15/h5-13H,4H2,1-3H3,(H,23,26)(H,24,27). The fraction of sp³-hybridized carbons (Fsp3) is 0.238. The highest BCUT2D eigenvalue weighted by Gasteiger charge is 2.23. The molecular weight excluding hydrogens is 426 g/mol. The van der Waals surface area contributed by atoms with Crippen LogP contribution in [-0.4, -0.2) is 32.4 Å². The molecule has 0 bridgehead atoms. The summed E-state index contributed by atoms with van der Waals surface area (Å²) in [6, 6.07) is 10.5. The minimum absolute atomic E-state index is 0.0579. The van der Waals surface area contributed by atoms with Gasteiger partial charge in [-0.25, -0.2) is 8.42 Å². The first-order valence-corrected chi connectivity index (χ1v) is 11.2. The van der Waals surface area contributed by atoms with E-state index in [0.717, 1.165) is 10.7 Å². The predicted molar refractivity (Wildman–Crippen MR) is 119 cm³/mol. The maximum Gasteiger partial charge on any atom is 0.264 e. The Bertz CT molecular complexity index is 1250. The topological polar surface area (TPSA) is 99.3 Å². The lowest BCUT2D eigenvalue weighted by Gasteiger charge is -2.20. The number of H-pyrrole nitrogens is 1. The van der Waals surface area contributed by atoms with Gasteiger partial charge in [-0.3, -0.25) is 13.9 Å². The van der Waals surface area contributed by atoms with Crippen molar-refractivity contribution in [1.29, 1.82) is 0 Å². The molecule has 1 aromatic heterocycles. The molecule has 0 aliphatic heterocycles. The van der Waals surface area contributed by atoms with Crippen molar-refractivity contribution in [2.45, 2.75) is 31.2 Å². The van der Waals surface area contributed by atoms with Gasteiger partial charge in [0.05, 0.1) is 10.6 Å². The first-order valence-electron chi connectivity index (χ1n) is 9.36. The molecule has 9 heteroatoms. The summed E-state index contributed by atoms with van der Waals surface area (Å²) in [6.07, 6.45) is 2.06. The van der Waals surface area contributed by atoms with Gasteiger partial charge in [-0.1, -0.05) is 18.5 Å². The summed E-state index contributed by atoms with van der Waals surface area (Å²) in [4.78, 5) is 28.1. The molecule has 158 valence electrons. The molecule has 2 aromatic carbocycles. The zero-order valence-corrected chi connectivity index (χ0v) is 18.3. The molecule has 3 aromatic rings. The number of halogens is 1. The molecule has 3 rings (SSSR count). The maximum absolute atomic E-state index is 13.1. The van der Waals surface area contributed by atoms with Crippen LogP contribution in [0.5, 0.6) is 0 Å². The van der Waals surface area contributed by atoms with E-state index < -0.39 is 21.4 Å². The van der Waals surface area contributed by atoms with Crippen LogP contribution in [0, 0.1) is 0 Å². The van der Waals surface area contributed by atoms with Crippen LogP contribution in [-0.2, 0) is 10.0 Å². The fourth-order valence-corrected chi connectivity index (χ4v) is 4.23. The number of sulfonamides is 1. The number of anilines is 1. The van der Waals surface area contributed by atoms with Gasteiger partial charge in [-0.05, 0) is 55.8 Å². The third-order valence-corrected chi connectivity index (χ3v) is 6.97. The summed E-state index contributed by atoms with van der Waals surface area (Å²) >= 11 is 5.87. The Morgan fingerprint density at radius 1 is 1.20 bits per heavy atom. The van der Waals surface area contributed by atoms with E-state index >= 15 is 0 Å². The van der Waals surface area contributed by atoms with Crippen molar-refractivity contribution < 1.29 is 13.2 Å². The molecule has 0 aliphatic rings. The van der Waals surface area contributed by atoms with Crippen LogP contribution in [0.1, 0.15) is 30.6 Å². The molecule has 1 unspecified atom stereocenters. The van der Waals surface area contributed by atoms with E-state index in [4.69, 9.17) is 11.6 Å². The monoisotopic (exact) mass is 447 g/mol. The Morgan fingerprint density at radius 3 is 2.50 bits per heavy atom. The van der Waals surface area contributed by atoms with Crippen LogP contribution in [0.25, 0.3) is 10.9 Å². The number of pyridine rings is 1. The van der Waals surface area contributed by atoms with Gasteiger partial charge < -0.3 is 10.3 Å². The highest BCUT2D eigenvalue weighted by Crippen LogP contribution is 2.25. The lowest BCUT2D eigenvalue weighted by atomic mass is 10.1. The number of rotatable bonds is 6. The number of hydrogen-bond acceptors (Lipinski definition) is 4. The second-order valence-corrected chi connectivity index (χ2v) is 9.38. The summed E-state index contributed by atoms with van der Waals surface area (Å²) in [5, 5.41) is 3.36. The average Bonchev–Trinajstić information content (AvgIpc) is 2.73. The number of hydrogen-bond donors (Lipinski definition) is 2. The average molecular weight is 448 g/mol. The molecule has 1 amide bonds. The molecular formula is C21H22ClN3O4S. The van der Waals surface area contributed by atoms with Crippen molar-refractivity contribution in [1.82, 2.24) is 10.3 Å². The Balaban J connectivity index is 2.05. The van der Waals surface area contributed by atoms with Gasteiger partial charge >= 0.3 is 0 Å². The molecule has 0 radical (unpaired) electrons. The van der Waals surface area contributed by atoms with E-state index in [1.807, 2.05) is 13.8 Å². The number of nitrogens with one attached hydrogen (secondary N) is 2. The number of aromatic amines is 1. The summed E-state index contributed by atoms with van der Waals surface area (Å²) in [7, 11) is -2.51. The lowest BCUT2D eigenvalue weighted by molar-refractivity contribution is 0.0938. The van der Waals surface area contributed by atoms with Gasteiger partial charge in [0.1, 0.15) is 5.56 Å². The second kappa shape index (κ2) is 8.49. The quantitative estimate of drug-likeness (QED) is 0.603. The number of fused-ring (bicyclic) bond motifs is 1. The molecule has 0 aliphatic carbocycles. The van der Waals surface area contributed by atoms with Crippen molar-refractivity contribution in [3.8, 4) is 0 Å². The van der Waals surface area contributed by atoms with Gasteiger partial charge in [0.15, 0.2) is 0 Å². The molecule has 30 heavy (non-hydrogen) atoms. The molecule has 0 fully saturated rings. The van der Waals surface area contributed by atoms with E-state index in [9.17, 15) is 18.0 Å². The molecule has 7 nitrogen and oxygen atoms in total. The van der Waals surface area contributed by atoms with Crippen LogP contribution in [0.4, 0.5) is 5.69 Å². The zero-order valence-electron chi connectivity index (χ0n) is 16.8. The van der Waals surface area contributed by atoms with Crippen LogP contribution < -0.4 is 15.1 Å². The highest BCUT2D eigenvalue weighted by molar-refractivity contribution is 7.92. The Hall–Kier alpha value is -2.84. The van der Waals surface area contributed by atoms with Crippen molar-refractivity contribution >= 4 is 44.1 Å². The van der Waals surface area contributed by atoms with Gasteiger partial charge in [-0.2, -0.15) is 0 Å². The minimum atomic E-state index is -3.93. The van der Waals surface area contributed by atoms with Crippen molar-refractivity contribution in [2.75, 3.05) is 11.4 Å². The number of aromatic nitrogens is 1. The van der Waals surface area contributed by atoms with Crippen LogP contribution >= 0.6 is 11.6 Å². The zero-order chi connectivity index (χ0) is 22.1. The first-order chi connectivity index (χ1) is 14.1. The molecule has 1 heterocycles. The Labute approximate surface area is 179 Å². The summed E-state index contributed by atoms with van der Waals surface area (Å²) < 4.78 is 27.3. The predicted octanol–water partition coefficient (Wildman–Crippen LogP) is 3.53. The minimum Gasteiger partial charge on any atom is -0.360 e.